The van der Waals surface area contributed by atoms with E-state index in [1.54, 1.807) is 6.08 Å². The van der Waals surface area contributed by atoms with Crippen molar-refractivity contribution >= 4 is 34.2 Å². The molecule has 0 aliphatic carbocycles. The summed E-state index contributed by atoms with van der Waals surface area (Å²) in [6.07, 6.45) is 1.68. The zero-order chi connectivity index (χ0) is 15.5. The van der Waals surface area contributed by atoms with Gasteiger partial charge < -0.3 is 4.74 Å². The SMILES string of the molecule is C=CCOC(=C)SC1=NC(C)(C)NN1c1ccc(Cl)cc1. The first-order chi connectivity index (χ1) is 9.91. The molecule has 2 rings (SSSR count). The summed E-state index contributed by atoms with van der Waals surface area (Å²) in [5.74, 6) is 0. The van der Waals surface area contributed by atoms with Crippen LogP contribution in [0.1, 0.15) is 13.8 Å². The van der Waals surface area contributed by atoms with E-state index in [2.05, 4.69) is 23.6 Å². The van der Waals surface area contributed by atoms with Gasteiger partial charge in [-0.05, 0) is 56.5 Å². The van der Waals surface area contributed by atoms with Crippen molar-refractivity contribution in [1.82, 2.24) is 5.43 Å². The highest BCUT2D eigenvalue weighted by Gasteiger charge is 2.32. The minimum absolute atomic E-state index is 0.388. The van der Waals surface area contributed by atoms with E-state index >= 15 is 0 Å². The lowest BCUT2D eigenvalue weighted by Crippen LogP contribution is -2.44. The Balaban J connectivity index is 2.16. The van der Waals surface area contributed by atoms with Gasteiger partial charge in [0.25, 0.3) is 0 Å². The number of benzene rings is 1. The highest BCUT2D eigenvalue weighted by Crippen LogP contribution is 2.30. The second-order valence-corrected chi connectivity index (χ2v) is 6.41. The topological polar surface area (TPSA) is 36.9 Å². The Morgan fingerprint density at radius 1 is 1.48 bits per heavy atom. The van der Waals surface area contributed by atoms with Gasteiger partial charge in [-0.2, -0.15) is 0 Å². The molecular formula is C15H18ClN3OS. The summed E-state index contributed by atoms with van der Waals surface area (Å²) in [7, 11) is 0. The average Bonchev–Trinajstić information content (AvgIpc) is 2.72. The first-order valence-corrected chi connectivity index (χ1v) is 7.64. The molecule has 0 unspecified atom stereocenters. The van der Waals surface area contributed by atoms with Crippen molar-refractivity contribution < 1.29 is 4.74 Å². The maximum atomic E-state index is 5.93. The highest BCUT2D eigenvalue weighted by atomic mass is 35.5. The summed E-state index contributed by atoms with van der Waals surface area (Å²) < 4.78 is 5.42. The van der Waals surface area contributed by atoms with Crippen molar-refractivity contribution in [2.75, 3.05) is 11.6 Å². The van der Waals surface area contributed by atoms with Gasteiger partial charge in [0.15, 0.2) is 10.3 Å². The molecule has 0 bridgehead atoms. The molecule has 1 aliphatic heterocycles. The second-order valence-electron chi connectivity index (χ2n) is 4.95. The fourth-order valence-electron chi connectivity index (χ4n) is 1.75. The van der Waals surface area contributed by atoms with E-state index in [-0.39, 0.29) is 5.66 Å². The third-order valence-electron chi connectivity index (χ3n) is 2.60. The monoisotopic (exact) mass is 323 g/mol. The number of aliphatic imine (C=N–C) groups is 1. The molecule has 0 atom stereocenters. The van der Waals surface area contributed by atoms with Gasteiger partial charge in [-0.1, -0.05) is 24.3 Å². The Morgan fingerprint density at radius 2 is 2.14 bits per heavy atom. The number of hydrogen-bond donors (Lipinski definition) is 1. The lowest BCUT2D eigenvalue weighted by Gasteiger charge is -2.23. The Hall–Kier alpha value is -1.43. The van der Waals surface area contributed by atoms with Crippen LogP contribution in [0.2, 0.25) is 5.02 Å². The average molecular weight is 324 g/mol. The summed E-state index contributed by atoms with van der Waals surface area (Å²) in [6, 6.07) is 7.55. The maximum absolute atomic E-state index is 5.93. The van der Waals surface area contributed by atoms with Crippen LogP contribution in [0, 0.1) is 0 Å². The quantitative estimate of drug-likeness (QED) is 0.652. The fourth-order valence-corrected chi connectivity index (χ4v) is 2.73. The van der Waals surface area contributed by atoms with Crippen molar-refractivity contribution in [2.24, 2.45) is 4.99 Å². The van der Waals surface area contributed by atoms with E-state index in [9.17, 15) is 0 Å². The summed E-state index contributed by atoms with van der Waals surface area (Å²) in [5, 5.41) is 3.95. The number of anilines is 1. The summed E-state index contributed by atoms with van der Waals surface area (Å²) in [6.45, 7) is 11.9. The second kappa shape index (κ2) is 6.56. The fraction of sp³-hybridized carbons (Fsp3) is 0.267. The number of amidine groups is 1. The van der Waals surface area contributed by atoms with Gasteiger partial charge in [-0.3, -0.25) is 5.01 Å². The standard InChI is InChI=1S/C15H18ClN3OS/c1-5-10-20-11(2)21-14-17-15(3,4)18-19(14)13-8-6-12(16)7-9-13/h5-9,18H,1-2,10H2,3-4H3. The van der Waals surface area contributed by atoms with Crippen LogP contribution in [0.15, 0.2) is 53.6 Å². The molecule has 0 saturated carbocycles. The van der Waals surface area contributed by atoms with Crippen LogP contribution in [-0.2, 0) is 4.74 Å². The van der Waals surface area contributed by atoms with Crippen molar-refractivity contribution in [3.63, 3.8) is 0 Å². The Labute approximate surface area is 134 Å². The largest absolute Gasteiger partial charge is 0.483 e. The molecule has 6 heteroatoms. The van der Waals surface area contributed by atoms with Gasteiger partial charge in [0.1, 0.15) is 12.3 Å². The number of thioether (sulfide) groups is 1. The van der Waals surface area contributed by atoms with Crippen LogP contribution in [-0.4, -0.2) is 17.4 Å². The molecule has 4 nitrogen and oxygen atoms in total. The number of rotatable bonds is 5. The Bertz CT molecular complexity index is 569. The lowest BCUT2D eigenvalue weighted by atomic mass is 10.3. The smallest absolute Gasteiger partial charge is 0.188 e. The number of halogens is 1. The van der Waals surface area contributed by atoms with Crippen LogP contribution in [0.4, 0.5) is 5.69 Å². The molecule has 1 aromatic rings. The minimum atomic E-state index is -0.388. The van der Waals surface area contributed by atoms with E-state index in [0.717, 1.165) is 10.9 Å². The van der Waals surface area contributed by atoms with Crippen LogP contribution in [0.5, 0.6) is 0 Å². The van der Waals surface area contributed by atoms with Crippen LogP contribution in [0.3, 0.4) is 0 Å². The zero-order valence-corrected chi connectivity index (χ0v) is 13.7. The molecule has 0 amide bonds. The van der Waals surface area contributed by atoms with E-state index in [1.165, 1.54) is 11.8 Å². The summed E-state index contributed by atoms with van der Waals surface area (Å²) in [4.78, 5) is 4.64. The molecule has 0 saturated heterocycles. The molecule has 1 N–H and O–H groups in total. The van der Waals surface area contributed by atoms with E-state index in [1.807, 2.05) is 43.1 Å². The normalized spacial score (nSPS) is 16.5. The summed E-state index contributed by atoms with van der Waals surface area (Å²) in [5.41, 5.74) is 3.89. The van der Waals surface area contributed by atoms with Crippen molar-refractivity contribution in [3.05, 3.63) is 53.6 Å². The molecular weight excluding hydrogens is 306 g/mol. The highest BCUT2D eigenvalue weighted by molar-refractivity contribution is 8.17. The van der Waals surface area contributed by atoms with Crippen LogP contribution >= 0.6 is 23.4 Å². The predicted molar refractivity (Wildman–Crippen MR) is 91.5 cm³/mol. The Morgan fingerprint density at radius 3 is 2.76 bits per heavy atom. The number of ether oxygens (including phenoxy) is 1. The van der Waals surface area contributed by atoms with E-state index in [4.69, 9.17) is 16.3 Å². The lowest BCUT2D eigenvalue weighted by molar-refractivity contribution is 0.280. The van der Waals surface area contributed by atoms with Gasteiger partial charge in [0.05, 0.1) is 5.69 Å². The van der Waals surface area contributed by atoms with Gasteiger partial charge in [-0.15, -0.1) is 0 Å². The van der Waals surface area contributed by atoms with Crippen LogP contribution < -0.4 is 10.4 Å². The molecule has 1 heterocycles. The molecule has 0 spiro atoms. The number of nitrogens with one attached hydrogen (secondary N) is 1. The molecule has 1 aliphatic rings. The van der Waals surface area contributed by atoms with Gasteiger partial charge in [-0.25, -0.2) is 10.4 Å². The summed E-state index contributed by atoms with van der Waals surface area (Å²) >= 11 is 7.31. The maximum Gasteiger partial charge on any atom is 0.188 e. The molecule has 0 fully saturated rings. The predicted octanol–water partition coefficient (Wildman–Crippen LogP) is 4.16. The van der Waals surface area contributed by atoms with E-state index < -0.39 is 0 Å². The molecule has 21 heavy (non-hydrogen) atoms. The third-order valence-corrected chi connectivity index (χ3v) is 3.66. The first kappa shape index (κ1) is 15.9. The third kappa shape index (κ3) is 4.27. The van der Waals surface area contributed by atoms with Gasteiger partial charge in [0, 0.05) is 5.02 Å². The van der Waals surface area contributed by atoms with Crippen molar-refractivity contribution in [1.29, 1.82) is 0 Å². The molecule has 1 aromatic carbocycles. The molecule has 112 valence electrons. The zero-order valence-electron chi connectivity index (χ0n) is 12.1. The van der Waals surface area contributed by atoms with Crippen LogP contribution in [0.25, 0.3) is 0 Å². The minimum Gasteiger partial charge on any atom is -0.483 e. The molecule has 0 aromatic heterocycles. The number of hydrazine groups is 1. The molecule has 0 radical (unpaired) electrons. The van der Waals surface area contributed by atoms with Gasteiger partial charge >= 0.3 is 0 Å². The first-order valence-electron chi connectivity index (χ1n) is 6.45. The van der Waals surface area contributed by atoms with Gasteiger partial charge in [0.2, 0.25) is 0 Å². The number of hydrogen-bond acceptors (Lipinski definition) is 5. The Kier molecular flexibility index (Phi) is 4.98. The van der Waals surface area contributed by atoms with Crippen molar-refractivity contribution in [3.8, 4) is 0 Å². The van der Waals surface area contributed by atoms with E-state index in [0.29, 0.717) is 16.7 Å². The van der Waals surface area contributed by atoms with Crippen molar-refractivity contribution in [2.45, 2.75) is 19.5 Å². The number of nitrogens with zero attached hydrogens (tertiary/aromatic N) is 2.